The van der Waals surface area contributed by atoms with Gasteiger partial charge in [0.15, 0.2) is 11.9 Å². The Balaban J connectivity index is 2.20. The molecule has 1 fully saturated rings. The van der Waals surface area contributed by atoms with E-state index < -0.39 is 48.4 Å². The number of halogens is 3. The summed E-state index contributed by atoms with van der Waals surface area (Å²) in [5, 5.41) is 29.1. The van der Waals surface area contributed by atoms with Crippen LogP contribution in [-0.2, 0) is 16.3 Å². The molecule has 0 unspecified atom stereocenters. The molecule has 2 aromatic heterocycles. The van der Waals surface area contributed by atoms with E-state index in [0.717, 1.165) is 0 Å². The van der Waals surface area contributed by atoms with E-state index in [9.17, 15) is 28.5 Å². The average Bonchev–Trinajstić information content (AvgIpc) is 3.07. The van der Waals surface area contributed by atoms with Gasteiger partial charge in [0.1, 0.15) is 29.8 Å². The first-order valence-corrected chi connectivity index (χ1v) is 8.04. The molecule has 2 aromatic rings. The predicted octanol–water partition coefficient (Wildman–Crippen LogP) is 1.36. The van der Waals surface area contributed by atoms with E-state index in [4.69, 9.17) is 4.74 Å². The number of alkyl halides is 3. The smallest absolute Gasteiger partial charge is 0.394 e. The van der Waals surface area contributed by atoms with Crippen LogP contribution < -0.4 is 0 Å². The van der Waals surface area contributed by atoms with Crippen LogP contribution in [0.5, 0.6) is 0 Å². The number of hydrogen-bond donors (Lipinski definition) is 3. The number of nitrogens with zero attached hydrogens (tertiary/aromatic N) is 3. The molecular formula is C16H20F3N3O4. The molecule has 0 radical (unpaired) electrons. The Morgan fingerprint density at radius 3 is 2.31 bits per heavy atom. The van der Waals surface area contributed by atoms with Crippen molar-refractivity contribution in [3.8, 4) is 0 Å². The van der Waals surface area contributed by atoms with Gasteiger partial charge in [0.2, 0.25) is 0 Å². The maximum atomic E-state index is 13.5. The summed E-state index contributed by atoms with van der Waals surface area (Å²) in [7, 11) is 0. The molecule has 0 aliphatic carbocycles. The molecule has 1 aliphatic heterocycles. The molecule has 0 bridgehead atoms. The highest BCUT2D eigenvalue weighted by Crippen LogP contribution is 2.38. The summed E-state index contributed by atoms with van der Waals surface area (Å²) in [6.07, 6.45) is -8.41. The van der Waals surface area contributed by atoms with Crippen molar-refractivity contribution < 1.29 is 33.2 Å². The Hall–Kier alpha value is -1.75. The third-order valence-corrected chi connectivity index (χ3v) is 4.30. The standard InChI is InChI=1S/C16H20F3N3O4/c1-15(2,3)14-20-11(16(17,18)19)7-4-5-22(12(7)21-14)13-10(25)9(24)8(6-23)26-13/h4-5,8-10,13,23-25H,6H2,1-3H3/t8-,9-,10-,13-/m1/s1. The first-order chi connectivity index (χ1) is 11.9. The maximum absolute atomic E-state index is 13.5. The van der Waals surface area contributed by atoms with E-state index in [-0.39, 0.29) is 16.9 Å². The Kier molecular flexibility index (Phi) is 4.50. The lowest BCUT2D eigenvalue weighted by Crippen LogP contribution is -2.33. The van der Waals surface area contributed by atoms with Crippen LogP contribution in [0.4, 0.5) is 13.2 Å². The molecule has 10 heteroatoms. The van der Waals surface area contributed by atoms with Gasteiger partial charge in [-0.3, -0.25) is 0 Å². The van der Waals surface area contributed by atoms with Crippen molar-refractivity contribution in [3.05, 3.63) is 23.8 Å². The first kappa shape index (κ1) is 19.0. The van der Waals surface area contributed by atoms with Gasteiger partial charge in [-0.15, -0.1) is 0 Å². The first-order valence-electron chi connectivity index (χ1n) is 8.04. The monoisotopic (exact) mass is 375 g/mol. The SMILES string of the molecule is CC(C)(C)c1nc(C(F)(F)F)c2ccn([C@@H]3O[C@H](CO)[C@@H](O)[C@H]3O)c2n1. The number of aromatic nitrogens is 3. The van der Waals surface area contributed by atoms with E-state index in [1.807, 2.05) is 0 Å². The van der Waals surface area contributed by atoms with E-state index in [0.29, 0.717) is 0 Å². The minimum Gasteiger partial charge on any atom is -0.394 e. The Labute approximate surface area is 147 Å². The molecule has 26 heavy (non-hydrogen) atoms. The highest BCUT2D eigenvalue weighted by molar-refractivity contribution is 5.79. The summed E-state index contributed by atoms with van der Waals surface area (Å²) in [5.74, 6) is -0.0102. The van der Waals surface area contributed by atoms with Gasteiger partial charge in [-0.05, 0) is 6.07 Å². The van der Waals surface area contributed by atoms with Crippen molar-refractivity contribution in [1.29, 1.82) is 0 Å². The average molecular weight is 375 g/mol. The van der Waals surface area contributed by atoms with Crippen LogP contribution in [0.1, 0.15) is 38.5 Å². The molecule has 3 N–H and O–H groups in total. The molecule has 3 heterocycles. The number of rotatable bonds is 2. The fourth-order valence-electron chi connectivity index (χ4n) is 2.90. The van der Waals surface area contributed by atoms with Crippen LogP contribution in [-0.4, -0.2) is 54.8 Å². The van der Waals surface area contributed by atoms with E-state index in [1.165, 1.54) is 16.8 Å². The summed E-state index contributed by atoms with van der Waals surface area (Å²) >= 11 is 0. The van der Waals surface area contributed by atoms with E-state index in [2.05, 4.69) is 9.97 Å². The summed E-state index contributed by atoms with van der Waals surface area (Å²) in [6, 6.07) is 1.19. The fraction of sp³-hybridized carbons (Fsp3) is 0.625. The lowest BCUT2D eigenvalue weighted by molar-refractivity contribution is -0.140. The van der Waals surface area contributed by atoms with Crippen LogP contribution in [0.2, 0.25) is 0 Å². The van der Waals surface area contributed by atoms with Crippen LogP contribution >= 0.6 is 0 Å². The zero-order chi connectivity index (χ0) is 19.4. The van der Waals surface area contributed by atoms with Crippen molar-refractivity contribution in [2.75, 3.05) is 6.61 Å². The quantitative estimate of drug-likeness (QED) is 0.733. The summed E-state index contributed by atoms with van der Waals surface area (Å²) < 4.78 is 47.1. The van der Waals surface area contributed by atoms with Crippen LogP contribution in [0.25, 0.3) is 11.0 Å². The number of aliphatic hydroxyl groups excluding tert-OH is 3. The molecule has 0 aromatic carbocycles. The van der Waals surface area contributed by atoms with Gasteiger partial charge in [0.25, 0.3) is 0 Å². The second kappa shape index (κ2) is 6.15. The fourth-order valence-corrected chi connectivity index (χ4v) is 2.90. The molecule has 0 amide bonds. The van der Waals surface area contributed by atoms with Crippen molar-refractivity contribution in [1.82, 2.24) is 14.5 Å². The van der Waals surface area contributed by atoms with Crippen LogP contribution in [0, 0.1) is 0 Å². The van der Waals surface area contributed by atoms with E-state index in [1.54, 1.807) is 20.8 Å². The van der Waals surface area contributed by atoms with Gasteiger partial charge in [0, 0.05) is 17.0 Å². The lowest BCUT2D eigenvalue weighted by Gasteiger charge is -2.21. The van der Waals surface area contributed by atoms with Gasteiger partial charge < -0.3 is 24.6 Å². The molecule has 4 atom stereocenters. The minimum atomic E-state index is -4.68. The van der Waals surface area contributed by atoms with Crippen LogP contribution in [0.3, 0.4) is 0 Å². The van der Waals surface area contributed by atoms with Crippen LogP contribution in [0.15, 0.2) is 12.3 Å². The maximum Gasteiger partial charge on any atom is 0.434 e. The Bertz CT molecular complexity index is 815. The van der Waals surface area contributed by atoms with Gasteiger partial charge in [-0.1, -0.05) is 20.8 Å². The number of fused-ring (bicyclic) bond motifs is 1. The van der Waals surface area contributed by atoms with Crippen molar-refractivity contribution >= 4 is 11.0 Å². The largest absolute Gasteiger partial charge is 0.434 e. The number of aliphatic hydroxyl groups is 3. The van der Waals surface area contributed by atoms with E-state index >= 15 is 0 Å². The summed E-state index contributed by atoms with van der Waals surface area (Å²) in [5.41, 5.74) is -1.88. The predicted molar refractivity (Wildman–Crippen MR) is 84.2 cm³/mol. The zero-order valence-corrected chi connectivity index (χ0v) is 14.4. The van der Waals surface area contributed by atoms with Gasteiger partial charge in [-0.25, -0.2) is 9.97 Å². The molecule has 144 valence electrons. The van der Waals surface area contributed by atoms with Crippen molar-refractivity contribution in [2.45, 2.75) is 56.9 Å². The highest BCUT2D eigenvalue weighted by Gasteiger charge is 2.44. The second-order valence-corrected chi connectivity index (χ2v) is 7.33. The van der Waals surface area contributed by atoms with Crippen molar-refractivity contribution in [3.63, 3.8) is 0 Å². The zero-order valence-electron chi connectivity index (χ0n) is 14.4. The van der Waals surface area contributed by atoms with Gasteiger partial charge in [-0.2, -0.15) is 13.2 Å². The third kappa shape index (κ3) is 3.07. The normalized spacial score (nSPS) is 27.4. The minimum absolute atomic E-state index is 0.0102. The number of ether oxygens (including phenoxy) is 1. The summed E-state index contributed by atoms with van der Waals surface area (Å²) in [4.78, 5) is 7.96. The molecule has 0 spiro atoms. The number of hydrogen-bond acceptors (Lipinski definition) is 6. The molecule has 0 saturated carbocycles. The second-order valence-electron chi connectivity index (χ2n) is 7.33. The molecule has 1 aliphatic rings. The molecule has 7 nitrogen and oxygen atoms in total. The summed E-state index contributed by atoms with van der Waals surface area (Å²) in [6.45, 7) is 4.53. The third-order valence-electron chi connectivity index (χ3n) is 4.30. The molecule has 1 saturated heterocycles. The molecular weight excluding hydrogens is 355 g/mol. The Morgan fingerprint density at radius 1 is 1.15 bits per heavy atom. The lowest BCUT2D eigenvalue weighted by atomic mass is 9.95. The molecule has 3 rings (SSSR count). The highest BCUT2D eigenvalue weighted by atomic mass is 19.4. The van der Waals surface area contributed by atoms with Gasteiger partial charge in [0.05, 0.1) is 6.61 Å². The topological polar surface area (TPSA) is 101 Å². The Morgan fingerprint density at radius 2 is 1.81 bits per heavy atom. The van der Waals surface area contributed by atoms with Crippen molar-refractivity contribution in [2.24, 2.45) is 0 Å². The van der Waals surface area contributed by atoms with Gasteiger partial charge >= 0.3 is 6.18 Å².